The fourth-order valence-electron chi connectivity index (χ4n) is 3.14. The number of anilines is 1. The van der Waals surface area contributed by atoms with Crippen molar-refractivity contribution in [3.8, 4) is 0 Å². The molecule has 0 aliphatic rings. The predicted molar refractivity (Wildman–Crippen MR) is 124 cm³/mol. The molecule has 0 saturated carbocycles. The first-order chi connectivity index (χ1) is 13.6. The summed E-state index contributed by atoms with van der Waals surface area (Å²) in [5.41, 5.74) is 5.41. The van der Waals surface area contributed by atoms with E-state index >= 15 is 0 Å². The number of aryl methyl sites for hydroxylation is 2. The highest BCUT2D eigenvalue weighted by Gasteiger charge is 2.22. The van der Waals surface area contributed by atoms with Crippen molar-refractivity contribution in [3.05, 3.63) is 58.7 Å². The zero-order valence-corrected chi connectivity index (χ0v) is 19.4. The lowest BCUT2D eigenvalue weighted by molar-refractivity contribution is 0.0985. The van der Waals surface area contributed by atoms with E-state index in [1.54, 1.807) is 11.3 Å². The molecule has 0 unspecified atom stereocenters. The Hall–Kier alpha value is -2.24. The van der Waals surface area contributed by atoms with E-state index in [4.69, 9.17) is 4.98 Å². The van der Waals surface area contributed by atoms with Crippen molar-refractivity contribution in [1.82, 2.24) is 9.88 Å². The number of hydrogen-bond donors (Lipinski definition) is 0. The molecule has 5 heteroatoms. The van der Waals surface area contributed by atoms with E-state index in [9.17, 15) is 4.79 Å². The first-order valence-electron chi connectivity index (χ1n) is 10.0. The van der Waals surface area contributed by atoms with Gasteiger partial charge in [0, 0.05) is 18.7 Å². The molecule has 0 N–H and O–H groups in total. The Balaban J connectivity index is 1.97. The number of amides is 1. The van der Waals surface area contributed by atoms with Crippen molar-refractivity contribution >= 4 is 32.6 Å². The van der Waals surface area contributed by atoms with E-state index in [0.717, 1.165) is 21.9 Å². The quantitative estimate of drug-likeness (QED) is 0.565. The molecular formula is C24H31N3OS. The molecule has 0 bridgehead atoms. The van der Waals surface area contributed by atoms with Crippen LogP contribution in [0.15, 0.2) is 36.4 Å². The van der Waals surface area contributed by atoms with Crippen LogP contribution in [0.5, 0.6) is 0 Å². The van der Waals surface area contributed by atoms with Crippen LogP contribution in [-0.2, 0) is 5.41 Å². The summed E-state index contributed by atoms with van der Waals surface area (Å²) in [7, 11) is 4.04. The van der Waals surface area contributed by atoms with Crippen LogP contribution in [0.1, 0.15) is 47.8 Å². The average molecular weight is 410 g/mol. The van der Waals surface area contributed by atoms with Crippen molar-refractivity contribution in [2.45, 2.75) is 40.0 Å². The molecule has 0 atom stereocenters. The van der Waals surface area contributed by atoms with Gasteiger partial charge in [0.2, 0.25) is 0 Å². The molecule has 0 radical (unpaired) electrons. The van der Waals surface area contributed by atoms with Gasteiger partial charge >= 0.3 is 0 Å². The summed E-state index contributed by atoms with van der Waals surface area (Å²) in [5, 5.41) is 0.761. The van der Waals surface area contributed by atoms with Crippen LogP contribution < -0.4 is 4.90 Å². The molecule has 1 amide bonds. The molecule has 1 aromatic heterocycles. The minimum atomic E-state index is -0.000177. The molecule has 0 aliphatic carbocycles. The molecule has 4 nitrogen and oxygen atoms in total. The van der Waals surface area contributed by atoms with E-state index in [0.29, 0.717) is 12.1 Å². The van der Waals surface area contributed by atoms with Gasteiger partial charge in [0.25, 0.3) is 5.91 Å². The molecule has 0 aliphatic heterocycles. The number of thiazole rings is 1. The van der Waals surface area contributed by atoms with Crippen molar-refractivity contribution < 1.29 is 4.79 Å². The number of fused-ring (bicyclic) bond motifs is 1. The maximum atomic E-state index is 13.4. The van der Waals surface area contributed by atoms with E-state index in [-0.39, 0.29) is 11.3 Å². The molecule has 0 saturated heterocycles. The van der Waals surface area contributed by atoms with Crippen LogP contribution in [0.4, 0.5) is 5.13 Å². The maximum Gasteiger partial charge on any atom is 0.260 e. The summed E-state index contributed by atoms with van der Waals surface area (Å²) in [4.78, 5) is 22.1. The number of hydrogen-bond acceptors (Lipinski definition) is 4. The first-order valence-corrected chi connectivity index (χ1v) is 10.8. The van der Waals surface area contributed by atoms with Crippen LogP contribution in [0.25, 0.3) is 10.2 Å². The Morgan fingerprint density at radius 3 is 2.21 bits per heavy atom. The third-order valence-electron chi connectivity index (χ3n) is 5.24. The van der Waals surface area contributed by atoms with Gasteiger partial charge in [-0.2, -0.15) is 0 Å². The highest BCUT2D eigenvalue weighted by atomic mass is 32.1. The van der Waals surface area contributed by atoms with Gasteiger partial charge in [-0.1, -0.05) is 44.2 Å². The molecule has 154 valence electrons. The number of rotatable bonds is 5. The third-order valence-corrected chi connectivity index (χ3v) is 6.28. The zero-order chi connectivity index (χ0) is 21.3. The van der Waals surface area contributed by atoms with E-state index < -0.39 is 0 Å². The fraction of sp³-hybridized carbons (Fsp3) is 0.417. The Bertz CT molecular complexity index is 974. The standard InChI is InChI=1S/C24H31N3OS/c1-16-14-20-21(15-17(16)2)29-23(25-20)27(13-12-26(6)7)22(28)18-8-10-19(11-9-18)24(3,4)5/h8-11,14-15H,12-13H2,1-7H3. The summed E-state index contributed by atoms with van der Waals surface area (Å²) in [6.45, 7) is 12.1. The zero-order valence-electron chi connectivity index (χ0n) is 18.5. The van der Waals surface area contributed by atoms with Crippen molar-refractivity contribution in [3.63, 3.8) is 0 Å². The van der Waals surface area contributed by atoms with Gasteiger partial charge in [-0.25, -0.2) is 4.98 Å². The predicted octanol–water partition coefficient (Wildman–Crippen LogP) is 5.42. The van der Waals surface area contributed by atoms with Gasteiger partial charge in [0.05, 0.1) is 10.2 Å². The van der Waals surface area contributed by atoms with Gasteiger partial charge in [-0.3, -0.25) is 9.69 Å². The van der Waals surface area contributed by atoms with Crippen LogP contribution in [0, 0.1) is 13.8 Å². The van der Waals surface area contributed by atoms with Crippen molar-refractivity contribution in [2.24, 2.45) is 0 Å². The Morgan fingerprint density at radius 1 is 1.00 bits per heavy atom. The Kier molecular flexibility index (Phi) is 6.11. The molecule has 0 fully saturated rings. The number of carbonyl (C=O) groups is 1. The minimum absolute atomic E-state index is 0.000177. The van der Waals surface area contributed by atoms with Gasteiger partial charge in [0.1, 0.15) is 0 Å². The summed E-state index contributed by atoms with van der Waals surface area (Å²) in [6, 6.07) is 12.3. The average Bonchev–Trinajstić information content (AvgIpc) is 3.03. The van der Waals surface area contributed by atoms with Gasteiger partial charge in [-0.15, -0.1) is 0 Å². The third kappa shape index (κ3) is 4.85. The maximum absolute atomic E-state index is 13.4. The van der Waals surface area contributed by atoms with E-state index in [2.05, 4.69) is 63.8 Å². The highest BCUT2D eigenvalue weighted by Crippen LogP contribution is 2.32. The molecule has 1 heterocycles. The number of likely N-dealkylation sites (N-methyl/N-ethyl adjacent to an activating group) is 1. The summed E-state index contributed by atoms with van der Waals surface area (Å²) in [6.07, 6.45) is 0. The molecule has 29 heavy (non-hydrogen) atoms. The Labute approximate surface area is 178 Å². The first kappa shape index (κ1) is 21.5. The Morgan fingerprint density at radius 2 is 1.62 bits per heavy atom. The fourth-order valence-corrected chi connectivity index (χ4v) is 4.21. The van der Waals surface area contributed by atoms with Crippen LogP contribution >= 0.6 is 11.3 Å². The number of nitrogens with zero attached hydrogens (tertiary/aromatic N) is 3. The lowest BCUT2D eigenvalue weighted by Crippen LogP contribution is -2.36. The molecule has 3 rings (SSSR count). The molecule has 2 aromatic carbocycles. The largest absolute Gasteiger partial charge is 0.308 e. The van der Waals surface area contributed by atoms with Gasteiger partial charge in [-0.05, 0) is 74.3 Å². The SMILES string of the molecule is Cc1cc2nc(N(CCN(C)C)C(=O)c3ccc(C(C)(C)C)cc3)sc2cc1C. The smallest absolute Gasteiger partial charge is 0.260 e. The lowest BCUT2D eigenvalue weighted by Gasteiger charge is -2.23. The van der Waals surface area contributed by atoms with Crippen LogP contribution in [0.2, 0.25) is 0 Å². The van der Waals surface area contributed by atoms with Crippen molar-refractivity contribution in [2.75, 3.05) is 32.1 Å². The number of aromatic nitrogens is 1. The van der Waals surface area contributed by atoms with E-state index in [1.807, 2.05) is 31.1 Å². The lowest BCUT2D eigenvalue weighted by atomic mass is 9.86. The topological polar surface area (TPSA) is 36.4 Å². The highest BCUT2D eigenvalue weighted by molar-refractivity contribution is 7.22. The van der Waals surface area contributed by atoms with Gasteiger partial charge < -0.3 is 4.90 Å². The van der Waals surface area contributed by atoms with Crippen LogP contribution in [-0.4, -0.2) is 43.0 Å². The number of carbonyl (C=O) groups excluding carboxylic acids is 1. The second-order valence-corrected chi connectivity index (χ2v) is 10.00. The summed E-state index contributed by atoms with van der Waals surface area (Å²) < 4.78 is 1.12. The molecule has 0 spiro atoms. The van der Waals surface area contributed by atoms with E-state index in [1.165, 1.54) is 16.7 Å². The van der Waals surface area contributed by atoms with Gasteiger partial charge in [0.15, 0.2) is 5.13 Å². The molecular weight excluding hydrogens is 378 g/mol. The monoisotopic (exact) mass is 409 g/mol. The second-order valence-electron chi connectivity index (χ2n) is 8.99. The summed E-state index contributed by atoms with van der Waals surface area (Å²) >= 11 is 1.59. The second kappa shape index (κ2) is 8.25. The molecule has 3 aromatic rings. The van der Waals surface area contributed by atoms with Crippen molar-refractivity contribution in [1.29, 1.82) is 0 Å². The normalized spacial score (nSPS) is 12.0. The minimum Gasteiger partial charge on any atom is -0.308 e. The van der Waals surface area contributed by atoms with Crippen LogP contribution in [0.3, 0.4) is 0 Å². The number of benzene rings is 2. The summed E-state index contributed by atoms with van der Waals surface area (Å²) in [5.74, 6) is -0.000177.